The van der Waals surface area contributed by atoms with Crippen molar-refractivity contribution < 1.29 is 19.2 Å². The number of piperidine rings is 1. The highest BCUT2D eigenvalue weighted by Gasteiger charge is 2.26. The van der Waals surface area contributed by atoms with E-state index in [1.165, 1.54) is 13.2 Å². The van der Waals surface area contributed by atoms with Crippen LogP contribution in [0.4, 0.5) is 5.69 Å². The first-order chi connectivity index (χ1) is 13.1. The Morgan fingerprint density at radius 2 is 2.00 bits per heavy atom. The van der Waals surface area contributed by atoms with Gasteiger partial charge >= 0.3 is 0 Å². The number of ether oxygens (including phenoxy) is 2. The van der Waals surface area contributed by atoms with E-state index in [1.807, 2.05) is 0 Å². The Morgan fingerprint density at radius 3 is 2.70 bits per heavy atom. The second-order valence-corrected chi connectivity index (χ2v) is 6.20. The molecule has 1 aromatic carbocycles. The largest absolute Gasteiger partial charge is 0.480 e. The van der Waals surface area contributed by atoms with Gasteiger partial charge in [-0.3, -0.25) is 14.9 Å². The van der Waals surface area contributed by atoms with E-state index in [0.29, 0.717) is 30.4 Å². The Labute approximate surface area is 156 Å². The second kappa shape index (κ2) is 8.43. The maximum atomic E-state index is 12.6. The van der Waals surface area contributed by atoms with Crippen molar-refractivity contribution in [1.29, 1.82) is 0 Å². The van der Waals surface area contributed by atoms with Crippen molar-refractivity contribution in [1.82, 2.24) is 15.1 Å². The molecule has 9 nitrogen and oxygen atoms in total. The number of hydrogen-bond donors (Lipinski definition) is 0. The van der Waals surface area contributed by atoms with Gasteiger partial charge in [0.15, 0.2) is 0 Å². The average molecular weight is 372 g/mol. The Balaban J connectivity index is 1.61. The third-order valence-corrected chi connectivity index (χ3v) is 4.37. The molecule has 2 aromatic rings. The minimum absolute atomic E-state index is 0.00772. The molecule has 2 heterocycles. The fourth-order valence-corrected chi connectivity index (χ4v) is 3.02. The van der Waals surface area contributed by atoms with Gasteiger partial charge in [-0.05, 0) is 12.8 Å². The number of hydrogen-bond acceptors (Lipinski definition) is 7. The lowest BCUT2D eigenvalue weighted by atomic mass is 10.1. The monoisotopic (exact) mass is 372 g/mol. The van der Waals surface area contributed by atoms with Gasteiger partial charge in [-0.1, -0.05) is 18.2 Å². The highest BCUT2D eigenvalue weighted by Crippen LogP contribution is 2.21. The number of nitro benzene ring substituents is 1. The number of carbonyl (C=O) groups excluding carboxylic acids is 1. The lowest BCUT2D eigenvalue weighted by molar-refractivity contribution is -0.385. The molecular formula is C18H20N4O5. The van der Waals surface area contributed by atoms with Crippen LogP contribution in [0.1, 0.15) is 18.4 Å². The van der Waals surface area contributed by atoms with Gasteiger partial charge in [-0.25, -0.2) is 0 Å². The Kier molecular flexibility index (Phi) is 5.80. The number of nitro groups is 1. The third-order valence-electron chi connectivity index (χ3n) is 4.37. The van der Waals surface area contributed by atoms with E-state index in [0.717, 1.165) is 12.8 Å². The molecule has 0 aliphatic carbocycles. The summed E-state index contributed by atoms with van der Waals surface area (Å²) in [7, 11) is 1.51. The lowest BCUT2D eigenvalue weighted by Gasteiger charge is -2.32. The molecule has 0 bridgehead atoms. The van der Waals surface area contributed by atoms with E-state index in [4.69, 9.17) is 9.47 Å². The second-order valence-electron chi connectivity index (χ2n) is 6.20. The van der Waals surface area contributed by atoms with Gasteiger partial charge in [0.2, 0.25) is 17.7 Å². The fraction of sp³-hybridized carbons (Fsp3) is 0.389. The summed E-state index contributed by atoms with van der Waals surface area (Å²) in [5.74, 6) is 0.611. The zero-order valence-corrected chi connectivity index (χ0v) is 14.9. The number of para-hydroxylation sites is 1. The molecule has 1 fully saturated rings. The molecule has 142 valence electrons. The van der Waals surface area contributed by atoms with Gasteiger partial charge in [0.05, 0.1) is 25.0 Å². The molecule has 1 atom stereocenters. The molecule has 1 aliphatic heterocycles. The smallest absolute Gasteiger partial charge is 0.273 e. The number of methoxy groups -OCH3 is 1. The zero-order valence-electron chi connectivity index (χ0n) is 14.9. The summed E-state index contributed by atoms with van der Waals surface area (Å²) >= 11 is 0. The maximum Gasteiger partial charge on any atom is 0.273 e. The van der Waals surface area contributed by atoms with Crippen LogP contribution in [0, 0.1) is 10.1 Å². The third kappa shape index (κ3) is 4.69. The highest BCUT2D eigenvalue weighted by molar-refractivity contribution is 5.80. The van der Waals surface area contributed by atoms with Gasteiger partial charge < -0.3 is 14.4 Å². The van der Waals surface area contributed by atoms with Crippen LogP contribution in [0.2, 0.25) is 0 Å². The van der Waals surface area contributed by atoms with Gasteiger partial charge in [-0.15, -0.1) is 10.2 Å². The predicted molar refractivity (Wildman–Crippen MR) is 95.6 cm³/mol. The first kappa shape index (κ1) is 18.6. The summed E-state index contributed by atoms with van der Waals surface area (Å²) in [5, 5.41) is 18.9. The minimum atomic E-state index is -0.465. The van der Waals surface area contributed by atoms with Crippen LogP contribution in [0.25, 0.3) is 0 Å². The molecule has 1 aromatic heterocycles. The predicted octanol–water partition coefficient (Wildman–Crippen LogP) is 2.01. The van der Waals surface area contributed by atoms with Crippen LogP contribution in [0.15, 0.2) is 36.4 Å². The van der Waals surface area contributed by atoms with E-state index in [9.17, 15) is 14.9 Å². The van der Waals surface area contributed by atoms with E-state index >= 15 is 0 Å². The van der Waals surface area contributed by atoms with Crippen LogP contribution in [0.3, 0.4) is 0 Å². The van der Waals surface area contributed by atoms with Crippen molar-refractivity contribution in [3.63, 3.8) is 0 Å². The molecule has 0 saturated carbocycles. The van der Waals surface area contributed by atoms with Crippen molar-refractivity contribution in [3.8, 4) is 11.8 Å². The Hall–Kier alpha value is -3.23. The number of likely N-dealkylation sites (tertiary alicyclic amines) is 1. The summed E-state index contributed by atoms with van der Waals surface area (Å²) in [4.78, 5) is 25.0. The zero-order chi connectivity index (χ0) is 19.2. The number of carbonyl (C=O) groups is 1. The first-order valence-electron chi connectivity index (χ1n) is 8.61. The maximum absolute atomic E-state index is 12.6. The van der Waals surface area contributed by atoms with E-state index in [2.05, 4.69) is 10.2 Å². The molecule has 1 saturated heterocycles. The van der Waals surface area contributed by atoms with Crippen LogP contribution in [-0.2, 0) is 11.2 Å². The lowest BCUT2D eigenvalue weighted by Crippen LogP contribution is -2.45. The van der Waals surface area contributed by atoms with Crippen LogP contribution >= 0.6 is 0 Å². The summed E-state index contributed by atoms with van der Waals surface area (Å²) < 4.78 is 10.8. The van der Waals surface area contributed by atoms with Crippen LogP contribution in [0.5, 0.6) is 11.8 Å². The molecule has 1 unspecified atom stereocenters. The Bertz CT molecular complexity index is 812. The van der Waals surface area contributed by atoms with Crippen LogP contribution < -0.4 is 9.47 Å². The van der Waals surface area contributed by atoms with Gasteiger partial charge in [0, 0.05) is 30.3 Å². The summed E-state index contributed by atoms with van der Waals surface area (Å²) in [6, 6.07) is 9.63. The molecule has 0 radical (unpaired) electrons. The van der Waals surface area contributed by atoms with Crippen molar-refractivity contribution in [3.05, 3.63) is 52.1 Å². The topological polar surface area (TPSA) is 108 Å². The van der Waals surface area contributed by atoms with Crippen molar-refractivity contribution in [2.75, 3.05) is 20.2 Å². The number of benzene rings is 1. The number of amides is 1. The average Bonchev–Trinajstić information content (AvgIpc) is 2.69. The molecule has 9 heteroatoms. The van der Waals surface area contributed by atoms with Crippen molar-refractivity contribution >= 4 is 11.6 Å². The molecule has 1 aliphatic rings. The van der Waals surface area contributed by atoms with Crippen molar-refractivity contribution in [2.45, 2.75) is 25.4 Å². The molecule has 1 amide bonds. The van der Waals surface area contributed by atoms with E-state index in [-0.39, 0.29) is 24.1 Å². The number of rotatable bonds is 6. The van der Waals surface area contributed by atoms with E-state index in [1.54, 1.807) is 35.2 Å². The van der Waals surface area contributed by atoms with Gasteiger partial charge in [0.1, 0.15) is 6.10 Å². The summed E-state index contributed by atoms with van der Waals surface area (Å²) in [6.07, 6.45) is 1.38. The number of nitrogens with zero attached hydrogens (tertiary/aromatic N) is 4. The van der Waals surface area contributed by atoms with Crippen LogP contribution in [-0.4, -0.2) is 52.2 Å². The SMILES string of the molecule is COc1ccc(OC2CCCN(C(=O)Cc3ccccc3[N+](=O)[O-])C2)nn1. The fourth-order valence-electron chi connectivity index (χ4n) is 3.02. The Morgan fingerprint density at radius 1 is 1.26 bits per heavy atom. The number of aromatic nitrogens is 2. The molecule has 0 N–H and O–H groups in total. The highest BCUT2D eigenvalue weighted by atomic mass is 16.6. The van der Waals surface area contributed by atoms with Gasteiger partial charge in [0.25, 0.3) is 5.69 Å². The standard InChI is InChI=1S/C18H20N4O5/c1-26-16-8-9-17(20-19-16)27-14-6-4-10-21(12-14)18(23)11-13-5-2-3-7-15(13)22(24)25/h2-3,5,7-9,14H,4,6,10-12H2,1H3. The normalized spacial score (nSPS) is 16.6. The quantitative estimate of drug-likeness (QED) is 0.564. The molecule has 0 spiro atoms. The minimum Gasteiger partial charge on any atom is -0.480 e. The molecule has 27 heavy (non-hydrogen) atoms. The molecular weight excluding hydrogens is 352 g/mol. The first-order valence-corrected chi connectivity index (χ1v) is 8.61. The van der Waals surface area contributed by atoms with E-state index < -0.39 is 4.92 Å². The summed E-state index contributed by atoms with van der Waals surface area (Å²) in [6.45, 7) is 1.01. The van der Waals surface area contributed by atoms with Gasteiger partial charge in [-0.2, -0.15) is 0 Å². The summed E-state index contributed by atoms with van der Waals surface area (Å²) in [5.41, 5.74) is 0.376. The molecule has 3 rings (SSSR count). The van der Waals surface area contributed by atoms with Crippen molar-refractivity contribution in [2.24, 2.45) is 0 Å².